The quantitative estimate of drug-likeness (QED) is 0.655. The van der Waals surface area contributed by atoms with Gasteiger partial charge in [-0.1, -0.05) is 41.5 Å². The van der Waals surface area contributed by atoms with E-state index >= 15 is 0 Å². The molecule has 3 nitrogen and oxygen atoms in total. The average molecular weight is 206 g/mol. The molecule has 0 aliphatic heterocycles. The second-order valence-electron chi connectivity index (χ2n) is 5.81. The van der Waals surface area contributed by atoms with Crippen LogP contribution in [0.15, 0.2) is 4.42 Å². The van der Waals surface area contributed by atoms with Gasteiger partial charge in [-0.3, -0.25) is 0 Å². The lowest BCUT2D eigenvalue weighted by atomic mass is 9.92. The van der Waals surface area contributed by atoms with Gasteiger partial charge in [0.15, 0.2) is 5.69 Å². The molecule has 0 N–H and O–H groups in total. The summed E-state index contributed by atoms with van der Waals surface area (Å²) in [6.07, 6.45) is 0. The van der Waals surface area contributed by atoms with Crippen LogP contribution < -0.4 is 0 Å². The summed E-state index contributed by atoms with van der Waals surface area (Å²) in [6, 6.07) is 2.09. The van der Waals surface area contributed by atoms with E-state index in [1.54, 1.807) is 0 Å². The van der Waals surface area contributed by atoms with Crippen LogP contribution in [-0.2, 0) is 10.8 Å². The number of hydrogen-bond acceptors (Lipinski definition) is 3. The molecule has 15 heavy (non-hydrogen) atoms. The van der Waals surface area contributed by atoms with Crippen molar-refractivity contribution in [1.82, 2.24) is 4.98 Å². The SMILES string of the molecule is CC(C)(C)c1nc(C#N)c(C(C)(C)C)o1. The fourth-order valence-electron chi connectivity index (χ4n) is 1.23. The lowest BCUT2D eigenvalue weighted by Gasteiger charge is -2.16. The molecule has 0 fully saturated rings. The van der Waals surface area contributed by atoms with Crippen LogP contribution in [0, 0.1) is 11.3 Å². The van der Waals surface area contributed by atoms with E-state index in [2.05, 4.69) is 11.1 Å². The summed E-state index contributed by atoms with van der Waals surface area (Å²) in [7, 11) is 0. The summed E-state index contributed by atoms with van der Waals surface area (Å²) in [5.41, 5.74) is 0.0730. The molecule has 0 unspecified atom stereocenters. The molecule has 0 aromatic carbocycles. The maximum atomic E-state index is 8.99. The standard InChI is InChI=1S/C12H18N2O/c1-11(2,3)9-8(7-13)14-10(15-9)12(4,5)6/h1-6H3. The maximum absolute atomic E-state index is 8.99. The first-order valence-electron chi connectivity index (χ1n) is 5.08. The molecule has 0 aliphatic rings. The number of rotatable bonds is 0. The van der Waals surface area contributed by atoms with Gasteiger partial charge in [-0.2, -0.15) is 5.26 Å². The van der Waals surface area contributed by atoms with E-state index < -0.39 is 0 Å². The molecule has 82 valence electrons. The molecule has 0 radical (unpaired) electrons. The van der Waals surface area contributed by atoms with E-state index in [9.17, 15) is 0 Å². The van der Waals surface area contributed by atoms with Gasteiger partial charge in [0.05, 0.1) is 0 Å². The Morgan fingerprint density at radius 3 is 1.87 bits per heavy atom. The fourth-order valence-corrected chi connectivity index (χ4v) is 1.23. The highest BCUT2D eigenvalue weighted by Crippen LogP contribution is 2.30. The first-order valence-corrected chi connectivity index (χ1v) is 5.08. The topological polar surface area (TPSA) is 49.8 Å². The van der Waals surface area contributed by atoms with Crippen LogP contribution in [0.4, 0.5) is 0 Å². The zero-order valence-electron chi connectivity index (χ0n) is 10.3. The molecule has 0 amide bonds. The van der Waals surface area contributed by atoms with Crippen LogP contribution in [0.2, 0.25) is 0 Å². The number of oxazole rings is 1. The Hall–Kier alpha value is -1.30. The van der Waals surface area contributed by atoms with E-state index in [-0.39, 0.29) is 10.8 Å². The lowest BCUT2D eigenvalue weighted by Crippen LogP contribution is -2.12. The van der Waals surface area contributed by atoms with Crippen molar-refractivity contribution in [3.8, 4) is 6.07 Å². The molecule has 0 atom stereocenters. The monoisotopic (exact) mass is 206 g/mol. The van der Waals surface area contributed by atoms with Crippen molar-refractivity contribution in [3.63, 3.8) is 0 Å². The van der Waals surface area contributed by atoms with E-state index in [0.29, 0.717) is 17.3 Å². The van der Waals surface area contributed by atoms with Gasteiger partial charge < -0.3 is 4.42 Å². The molecule has 3 heteroatoms. The third-order valence-electron chi connectivity index (χ3n) is 2.06. The van der Waals surface area contributed by atoms with Crippen molar-refractivity contribution >= 4 is 0 Å². The van der Waals surface area contributed by atoms with E-state index in [1.807, 2.05) is 41.5 Å². The minimum Gasteiger partial charge on any atom is -0.443 e. The van der Waals surface area contributed by atoms with Crippen molar-refractivity contribution in [2.75, 3.05) is 0 Å². The number of hydrogen-bond donors (Lipinski definition) is 0. The second-order valence-corrected chi connectivity index (χ2v) is 5.81. The Morgan fingerprint density at radius 2 is 1.60 bits per heavy atom. The van der Waals surface area contributed by atoms with Gasteiger partial charge in [-0.25, -0.2) is 4.98 Å². The average Bonchev–Trinajstić information content (AvgIpc) is 2.44. The van der Waals surface area contributed by atoms with Crippen molar-refractivity contribution in [2.24, 2.45) is 0 Å². The predicted octanol–water partition coefficient (Wildman–Crippen LogP) is 3.14. The van der Waals surface area contributed by atoms with E-state index in [1.165, 1.54) is 0 Å². The summed E-state index contributed by atoms with van der Waals surface area (Å²) in [5, 5.41) is 8.99. The van der Waals surface area contributed by atoms with Crippen LogP contribution in [0.1, 0.15) is 58.9 Å². The van der Waals surface area contributed by atoms with Gasteiger partial charge in [-0.15, -0.1) is 0 Å². The van der Waals surface area contributed by atoms with Crippen LogP contribution in [0.25, 0.3) is 0 Å². The Balaban J connectivity index is 3.32. The molecular formula is C12H18N2O. The van der Waals surface area contributed by atoms with Gasteiger partial charge in [0.25, 0.3) is 0 Å². The van der Waals surface area contributed by atoms with Crippen LogP contribution >= 0.6 is 0 Å². The van der Waals surface area contributed by atoms with Gasteiger partial charge in [0.2, 0.25) is 5.89 Å². The zero-order valence-corrected chi connectivity index (χ0v) is 10.3. The second kappa shape index (κ2) is 3.37. The summed E-state index contributed by atoms with van der Waals surface area (Å²) < 4.78 is 5.70. The fraction of sp³-hybridized carbons (Fsp3) is 0.667. The van der Waals surface area contributed by atoms with Gasteiger partial charge >= 0.3 is 0 Å². The summed E-state index contributed by atoms with van der Waals surface area (Å²) in [5.74, 6) is 1.30. The molecule has 1 aromatic rings. The number of nitriles is 1. The molecule has 1 heterocycles. The summed E-state index contributed by atoms with van der Waals surface area (Å²) in [4.78, 5) is 4.24. The highest BCUT2D eigenvalue weighted by molar-refractivity contribution is 5.30. The first kappa shape index (κ1) is 11.8. The number of nitrogens with zero attached hydrogens (tertiary/aromatic N) is 2. The molecule has 0 bridgehead atoms. The minimum absolute atomic E-state index is 0.158. The summed E-state index contributed by atoms with van der Waals surface area (Å²) >= 11 is 0. The van der Waals surface area contributed by atoms with Crippen molar-refractivity contribution in [1.29, 1.82) is 5.26 Å². The minimum atomic E-state index is -0.179. The molecule has 0 saturated heterocycles. The normalized spacial score (nSPS) is 12.6. The molecule has 0 aliphatic carbocycles. The Bertz CT molecular complexity index is 397. The summed E-state index contributed by atoms with van der Waals surface area (Å²) in [6.45, 7) is 12.1. The molecule has 0 spiro atoms. The largest absolute Gasteiger partial charge is 0.443 e. The van der Waals surface area contributed by atoms with Crippen molar-refractivity contribution in [3.05, 3.63) is 17.3 Å². The van der Waals surface area contributed by atoms with Crippen molar-refractivity contribution in [2.45, 2.75) is 52.4 Å². The van der Waals surface area contributed by atoms with E-state index in [4.69, 9.17) is 9.68 Å². The molecule has 1 rings (SSSR count). The van der Waals surface area contributed by atoms with Crippen LogP contribution in [0.3, 0.4) is 0 Å². The van der Waals surface area contributed by atoms with E-state index in [0.717, 1.165) is 0 Å². The molecule has 1 aromatic heterocycles. The third kappa shape index (κ3) is 2.38. The van der Waals surface area contributed by atoms with Gasteiger partial charge in [0, 0.05) is 10.8 Å². The first-order chi connectivity index (χ1) is 6.66. The van der Waals surface area contributed by atoms with Crippen molar-refractivity contribution < 1.29 is 4.42 Å². The lowest BCUT2D eigenvalue weighted by molar-refractivity contribution is 0.335. The maximum Gasteiger partial charge on any atom is 0.201 e. The molecular weight excluding hydrogens is 188 g/mol. The zero-order chi connectivity index (χ0) is 11.9. The Labute approximate surface area is 91.1 Å². The predicted molar refractivity (Wildman–Crippen MR) is 58.6 cm³/mol. The molecule has 0 saturated carbocycles. The van der Waals surface area contributed by atoms with Crippen LogP contribution in [0.5, 0.6) is 0 Å². The third-order valence-corrected chi connectivity index (χ3v) is 2.06. The van der Waals surface area contributed by atoms with Gasteiger partial charge in [-0.05, 0) is 0 Å². The van der Waals surface area contributed by atoms with Crippen LogP contribution in [-0.4, -0.2) is 4.98 Å². The highest BCUT2D eigenvalue weighted by Gasteiger charge is 2.29. The number of aromatic nitrogens is 1. The highest BCUT2D eigenvalue weighted by atomic mass is 16.4. The Morgan fingerprint density at radius 1 is 1.07 bits per heavy atom. The van der Waals surface area contributed by atoms with Gasteiger partial charge in [0.1, 0.15) is 11.8 Å². The smallest absolute Gasteiger partial charge is 0.201 e. The Kier molecular flexibility index (Phi) is 2.65.